The second kappa shape index (κ2) is 9.34. The fraction of sp³-hybridized carbons (Fsp3) is 0.100. The SMILES string of the molecule is O=C(COc1ccc(Cl)cc1Cl)N/N=C/c1ccc(SC2Nc3ccccc3N2)o1. The van der Waals surface area contributed by atoms with E-state index in [9.17, 15) is 4.79 Å². The number of halogens is 2. The van der Waals surface area contributed by atoms with E-state index in [4.69, 9.17) is 32.4 Å². The lowest BCUT2D eigenvalue weighted by Gasteiger charge is -2.09. The Bertz CT molecular complexity index is 1060. The molecule has 4 rings (SSSR count). The maximum Gasteiger partial charge on any atom is 0.277 e. The molecule has 0 unspecified atom stereocenters. The molecule has 0 radical (unpaired) electrons. The number of ether oxygens (including phenoxy) is 1. The van der Waals surface area contributed by atoms with Crippen molar-refractivity contribution < 1.29 is 13.9 Å². The molecule has 154 valence electrons. The minimum Gasteiger partial charge on any atom is -0.482 e. The van der Waals surface area contributed by atoms with Gasteiger partial charge in [0, 0.05) is 5.02 Å². The van der Waals surface area contributed by atoms with Crippen molar-refractivity contribution in [2.24, 2.45) is 5.10 Å². The van der Waals surface area contributed by atoms with Gasteiger partial charge in [-0.25, -0.2) is 5.43 Å². The van der Waals surface area contributed by atoms with Crippen LogP contribution in [0.15, 0.2) is 69.2 Å². The average molecular weight is 463 g/mol. The second-order valence-corrected chi connectivity index (χ2v) is 8.10. The van der Waals surface area contributed by atoms with Gasteiger partial charge in [0.05, 0.1) is 22.6 Å². The van der Waals surface area contributed by atoms with Crippen LogP contribution in [0.4, 0.5) is 11.4 Å². The highest BCUT2D eigenvalue weighted by Gasteiger charge is 2.20. The number of nitrogens with zero attached hydrogens (tertiary/aromatic N) is 1. The molecule has 1 amide bonds. The summed E-state index contributed by atoms with van der Waals surface area (Å²) in [6, 6.07) is 16.3. The van der Waals surface area contributed by atoms with E-state index in [-0.39, 0.29) is 12.1 Å². The van der Waals surface area contributed by atoms with Crippen molar-refractivity contribution in [2.75, 3.05) is 17.2 Å². The smallest absolute Gasteiger partial charge is 0.277 e. The Labute approximate surface area is 186 Å². The zero-order chi connectivity index (χ0) is 20.9. The van der Waals surface area contributed by atoms with Crippen LogP contribution in [0.25, 0.3) is 0 Å². The molecule has 3 aromatic rings. The van der Waals surface area contributed by atoms with Crippen LogP contribution in [0.3, 0.4) is 0 Å². The quantitative estimate of drug-likeness (QED) is 0.337. The van der Waals surface area contributed by atoms with Crippen LogP contribution in [0.2, 0.25) is 10.0 Å². The summed E-state index contributed by atoms with van der Waals surface area (Å²) in [6.45, 7) is -0.239. The number of rotatable bonds is 7. The number of thioether (sulfide) groups is 1. The summed E-state index contributed by atoms with van der Waals surface area (Å²) in [7, 11) is 0. The standard InChI is InChI=1S/C20H16Cl2N4O3S/c21-12-5-7-17(14(22)9-12)28-11-18(27)26-23-10-13-6-8-19(29-13)30-20-24-15-3-1-2-4-16(15)25-20/h1-10,20,24-25H,11H2,(H,26,27)/b23-10+. The number of carbonyl (C=O) groups is 1. The fourth-order valence-electron chi connectivity index (χ4n) is 2.63. The first kappa shape index (κ1) is 20.5. The number of benzene rings is 2. The summed E-state index contributed by atoms with van der Waals surface area (Å²) < 4.78 is 11.0. The number of para-hydroxylation sites is 2. The van der Waals surface area contributed by atoms with Gasteiger partial charge in [-0.3, -0.25) is 4.79 Å². The lowest BCUT2D eigenvalue weighted by molar-refractivity contribution is -0.123. The number of hydrogen-bond donors (Lipinski definition) is 3. The molecule has 30 heavy (non-hydrogen) atoms. The van der Waals surface area contributed by atoms with Crippen LogP contribution in [-0.2, 0) is 4.79 Å². The van der Waals surface area contributed by atoms with Crippen molar-refractivity contribution in [3.8, 4) is 5.75 Å². The molecule has 7 nitrogen and oxygen atoms in total. The molecule has 0 saturated heterocycles. The monoisotopic (exact) mass is 462 g/mol. The largest absolute Gasteiger partial charge is 0.482 e. The van der Waals surface area contributed by atoms with E-state index < -0.39 is 5.91 Å². The Hall–Kier alpha value is -2.81. The Morgan fingerprint density at radius 2 is 1.93 bits per heavy atom. The third-order valence-electron chi connectivity index (χ3n) is 3.97. The molecule has 2 aromatic carbocycles. The molecule has 0 fully saturated rings. The number of nitrogens with one attached hydrogen (secondary N) is 3. The van der Waals surface area contributed by atoms with Gasteiger partial charge in [-0.05, 0) is 54.2 Å². The summed E-state index contributed by atoms with van der Waals surface area (Å²) in [4.78, 5) is 11.9. The van der Waals surface area contributed by atoms with E-state index in [0.29, 0.717) is 26.6 Å². The number of hydrazone groups is 1. The maximum absolute atomic E-state index is 11.9. The summed E-state index contributed by atoms with van der Waals surface area (Å²) in [5, 5.41) is 12.1. The predicted molar refractivity (Wildman–Crippen MR) is 120 cm³/mol. The van der Waals surface area contributed by atoms with Crippen molar-refractivity contribution >= 4 is 58.5 Å². The first-order chi connectivity index (χ1) is 14.6. The van der Waals surface area contributed by atoms with Gasteiger partial charge in [-0.2, -0.15) is 5.10 Å². The van der Waals surface area contributed by atoms with Gasteiger partial charge in [-0.1, -0.05) is 35.3 Å². The van der Waals surface area contributed by atoms with Crippen molar-refractivity contribution in [2.45, 2.75) is 10.6 Å². The maximum atomic E-state index is 11.9. The van der Waals surface area contributed by atoms with Crippen LogP contribution in [-0.4, -0.2) is 24.2 Å². The summed E-state index contributed by atoms with van der Waals surface area (Å²) in [5.41, 5.74) is 4.44. The third kappa shape index (κ3) is 5.21. The third-order valence-corrected chi connectivity index (χ3v) is 5.42. The molecule has 1 aromatic heterocycles. The first-order valence-electron chi connectivity index (χ1n) is 8.85. The van der Waals surface area contributed by atoms with Crippen molar-refractivity contribution in [1.82, 2.24) is 5.43 Å². The molecular formula is C20H16Cl2N4O3S. The van der Waals surface area contributed by atoms with Crippen LogP contribution in [0.5, 0.6) is 5.75 Å². The van der Waals surface area contributed by atoms with Gasteiger partial charge < -0.3 is 19.8 Å². The first-order valence-corrected chi connectivity index (χ1v) is 10.5. The highest BCUT2D eigenvalue weighted by Crippen LogP contribution is 2.35. The van der Waals surface area contributed by atoms with Gasteiger partial charge in [0.2, 0.25) is 0 Å². The zero-order valence-electron chi connectivity index (χ0n) is 15.4. The normalized spacial score (nSPS) is 13.0. The molecule has 0 atom stereocenters. The van der Waals surface area contributed by atoms with Crippen molar-refractivity contribution in [1.29, 1.82) is 0 Å². The zero-order valence-corrected chi connectivity index (χ0v) is 17.7. The molecule has 3 N–H and O–H groups in total. The molecule has 0 saturated carbocycles. The summed E-state index contributed by atoms with van der Waals surface area (Å²) >= 11 is 13.3. The number of anilines is 2. The lowest BCUT2D eigenvalue weighted by atomic mass is 10.3. The molecule has 0 aliphatic carbocycles. The van der Waals surface area contributed by atoms with E-state index >= 15 is 0 Å². The topological polar surface area (TPSA) is 87.9 Å². The van der Waals surface area contributed by atoms with Gasteiger partial charge in [0.25, 0.3) is 5.91 Å². The number of hydrogen-bond acceptors (Lipinski definition) is 7. The van der Waals surface area contributed by atoms with Crippen molar-refractivity contribution in [3.63, 3.8) is 0 Å². The van der Waals surface area contributed by atoms with E-state index in [2.05, 4.69) is 21.2 Å². The van der Waals surface area contributed by atoms with E-state index in [1.54, 1.807) is 18.2 Å². The van der Waals surface area contributed by atoms with Gasteiger partial charge in [0.15, 0.2) is 17.2 Å². The molecule has 2 heterocycles. The fourth-order valence-corrected chi connectivity index (χ4v) is 3.99. The number of fused-ring (bicyclic) bond motifs is 1. The molecule has 0 bridgehead atoms. The molecule has 0 spiro atoms. The van der Waals surface area contributed by atoms with Crippen LogP contribution < -0.4 is 20.8 Å². The van der Waals surface area contributed by atoms with Crippen molar-refractivity contribution in [3.05, 3.63) is 70.4 Å². The van der Waals surface area contributed by atoms with Gasteiger partial charge in [0.1, 0.15) is 11.5 Å². The van der Waals surface area contributed by atoms with Crippen LogP contribution in [0, 0.1) is 0 Å². The summed E-state index contributed by atoms with van der Waals surface area (Å²) in [6.07, 6.45) is 1.42. The lowest BCUT2D eigenvalue weighted by Crippen LogP contribution is -2.24. The summed E-state index contributed by atoms with van der Waals surface area (Å²) in [5.74, 6) is 0.440. The number of furan rings is 1. The Balaban J connectivity index is 1.23. The molecular weight excluding hydrogens is 447 g/mol. The highest BCUT2D eigenvalue weighted by molar-refractivity contribution is 8.00. The predicted octanol–water partition coefficient (Wildman–Crippen LogP) is 5.03. The second-order valence-electron chi connectivity index (χ2n) is 6.15. The van der Waals surface area contributed by atoms with E-state index in [1.165, 1.54) is 24.0 Å². The Kier molecular flexibility index (Phi) is 6.37. The van der Waals surface area contributed by atoms with E-state index in [1.807, 2.05) is 30.3 Å². The molecule has 1 aliphatic heterocycles. The minimum atomic E-state index is -0.435. The van der Waals surface area contributed by atoms with Gasteiger partial charge >= 0.3 is 0 Å². The van der Waals surface area contributed by atoms with E-state index in [0.717, 1.165) is 11.4 Å². The molecule has 10 heteroatoms. The van der Waals surface area contributed by atoms with Crippen LogP contribution >= 0.6 is 35.0 Å². The Morgan fingerprint density at radius 3 is 2.67 bits per heavy atom. The van der Waals surface area contributed by atoms with Gasteiger partial charge in [-0.15, -0.1) is 0 Å². The number of amides is 1. The molecule has 1 aliphatic rings. The minimum absolute atomic E-state index is 0.0325. The Morgan fingerprint density at radius 1 is 1.17 bits per heavy atom. The highest BCUT2D eigenvalue weighted by atomic mass is 35.5. The average Bonchev–Trinajstić information content (AvgIpc) is 3.33. The van der Waals surface area contributed by atoms with Crippen LogP contribution in [0.1, 0.15) is 5.76 Å². The number of carbonyl (C=O) groups excluding carboxylic acids is 1.